The predicted octanol–water partition coefficient (Wildman–Crippen LogP) is 16.7. The first-order chi connectivity index (χ1) is 33.0. The van der Waals surface area contributed by atoms with Crippen LogP contribution in [0.1, 0.15) is 174 Å². The molecule has 3 heterocycles. The third-order valence-corrected chi connectivity index (χ3v) is 19.7. The van der Waals surface area contributed by atoms with Crippen LogP contribution in [0.5, 0.6) is 0 Å². The Labute approximate surface area is 420 Å². The van der Waals surface area contributed by atoms with Crippen LogP contribution < -0.4 is 20.6 Å². The van der Waals surface area contributed by atoms with E-state index in [1.54, 1.807) is 16.7 Å². The summed E-state index contributed by atoms with van der Waals surface area (Å²) < 4.78 is 0. The van der Waals surface area contributed by atoms with Gasteiger partial charge in [0, 0.05) is 44.7 Å². The summed E-state index contributed by atoms with van der Waals surface area (Å²) in [5, 5.41) is 2.69. The Bertz CT molecular complexity index is 3430. The minimum Gasteiger partial charge on any atom is -0.376 e. The minimum atomic E-state index is -0.198. The molecule has 13 rings (SSSR count). The largest absolute Gasteiger partial charge is 0.376 e. The summed E-state index contributed by atoms with van der Waals surface area (Å²) in [5.74, 6) is 0. The van der Waals surface area contributed by atoms with Gasteiger partial charge in [0.25, 0.3) is 0 Å². The van der Waals surface area contributed by atoms with Gasteiger partial charge in [0.05, 0.1) is 5.54 Å². The monoisotopic (exact) mass is 917 g/mol. The number of nitrogens with zero attached hydrogens (tertiary/aromatic N) is 2. The van der Waals surface area contributed by atoms with Crippen molar-refractivity contribution in [3.8, 4) is 33.4 Å². The third kappa shape index (κ3) is 5.70. The maximum atomic E-state index is 2.93. The Morgan fingerprint density at radius 2 is 1.13 bits per heavy atom. The van der Waals surface area contributed by atoms with Gasteiger partial charge in [-0.2, -0.15) is 0 Å². The van der Waals surface area contributed by atoms with Gasteiger partial charge in [0.2, 0.25) is 0 Å². The zero-order valence-electron chi connectivity index (χ0n) is 44.7. The zero-order chi connectivity index (χ0) is 49.0. The lowest BCUT2D eigenvalue weighted by Gasteiger charge is -2.53. The van der Waals surface area contributed by atoms with Crippen LogP contribution in [-0.2, 0) is 32.5 Å². The van der Waals surface area contributed by atoms with Crippen LogP contribution in [0.3, 0.4) is 0 Å². The molecule has 70 heavy (non-hydrogen) atoms. The molecule has 6 aliphatic rings. The van der Waals surface area contributed by atoms with Crippen molar-refractivity contribution < 1.29 is 0 Å². The molecule has 0 aromatic heterocycles. The van der Waals surface area contributed by atoms with E-state index < -0.39 is 0 Å². The van der Waals surface area contributed by atoms with Crippen molar-refractivity contribution in [2.45, 2.75) is 173 Å². The normalized spacial score (nSPS) is 22.7. The Balaban J connectivity index is 1.21. The van der Waals surface area contributed by atoms with Crippen molar-refractivity contribution in [3.63, 3.8) is 0 Å². The first-order valence-electron chi connectivity index (χ1n) is 26.9. The van der Waals surface area contributed by atoms with Crippen LogP contribution in [0, 0.1) is 0 Å². The van der Waals surface area contributed by atoms with Gasteiger partial charge in [0.1, 0.15) is 0 Å². The lowest BCUT2D eigenvalue weighted by atomic mass is 9.42. The molecule has 3 aliphatic heterocycles. The van der Waals surface area contributed by atoms with Crippen molar-refractivity contribution >= 4 is 51.3 Å². The standard InChI is InChI=1S/C67H73BN2/c1-61(2,3)42-26-27-55(45(33-42)40-22-16-15-17-23-40)70-56-39-50-46(47-37-51-52(38-49(47)65(50,11)12)64(9,10)31-30-63(51,7)8)36-48(56)58-44-25-19-18-24-41(44)32-57-59(58)68(70)54-35-43(62(4,5)6)34-53-60(54)69(57)67(14)29-21-20-28-66(53,67)13/h15-19,22-27,32-39H,20-21,28-31H2,1-14H3. The molecule has 0 N–H and O–H groups in total. The number of hydrogen-bond acceptors (Lipinski definition) is 2. The lowest BCUT2D eigenvalue weighted by Crippen LogP contribution is -2.64. The Kier molecular flexibility index (Phi) is 8.82. The highest BCUT2D eigenvalue weighted by Gasteiger charge is 2.62. The van der Waals surface area contributed by atoms with Gasteiger partial charge >= 0.3 is 6.85 Å². The van der Waals surface area contributed by atoms with E-state index in [0.29, 0.717) is 0 Å². The van der Waals surface area contributed by atoms with Crippen molar-refractivity contribution in [2.24, 2.45) is 0 Å². The second kappa shape index (κ2) is 13.9. The molecule has 2 atom stereocenters. The van der Waals surface area contributed by atoms with E-state index in [9.17, 15) is 0 Å². The molecule has 1 saturated carbocycles. The van der Waals surface area contributed by atoms with Gasteiger partial charge in [0.15, 0.2) is 0 Å². The van der Waals surface area contributed by atoms with E-state index in [0.717, 1.165) is 0 Å². The first-order valence-corrected chi connectivity index (χ1v) is 26.9. The molecule has 0 radical (unpaired) electrons. The molecule has 0 bridgehead atoms. The average molecular weight is 917 g/mol. The second-order valence-electron chi connectivity index (χ2n) is 27.1. The van der Waals surface area contributed by atoms with Crippen molar-refractivity contribution in [1.29, 1.82) is 0 Å². The molecule has 1 fully saturated rings. The van der Waals surface area contributed by atoms with Gasteiger partial charge in [-0.05, 0) is 174 Å². The van der Waals surface area contributed by atoms with Gasteiger partial charge < -0.3 is 9.71 Å². The number of rotatable bonds is 2. The maximum Gasteiger partial charge on any atom is 0.333 e. The summed E-state index contributed by atoms with van der Waals surface area (Å²) in [6, 6.07) is 46.8. The highest BCUT2D eigenvalue weighted by atomic mass is 15.3. The fourth-order valence-corrected chi connectivity index (χ4v) is 15.1. The van der Waals surface area contributed by atoms with Crippen molar-refractivity contribution in [2.75, 3.05) is 9.71 Å². The number of benzene rings is 7. The second-order valence-corrected chi connectivity index (χ2v) is 27.1. The van der Waals surface area contributed by atoms with Crippen LogP contribution >= 0.6 is 0 Å². The van der Waals surface area contributed by atoms with E-state index in [-0.39, 0.29) is 44.9 Å². The molecule has 3 heteroatoms. The summed E-state index contributed by atoms with van der Waals surface area (Å²) in [6.07, 6.45) is 7.33. The molecule has 0 spiro atoms. The summed E-state index contributed by atoms with van der Waals surface area (Å²) in [4.78, 5) is 5.80. The SMILES string of the molecule is CC(C)(C)c1ccc(N2B3c4cc(C(C)(C)C)cc5c4N(c4cc6ccccc6c(c43)-c3cc4c(cc32)C(C)(C)c2cc3c(cc2-4)C(C)(C)CCC3(C)C)C2(C)CCCCC52C)c(-c2ccccc2)c1. The first kappa shape index (κ1) is 44.4. The number of hydrogen-bond donors (Lipinski definition) is 0. The summed E-state index contributed by atoms with van der Waals surface area (Å²) in [7, 11) is 0. The van der Waals surface area contributed by atoms with Gasteiger partial charge in [-0.15, -0.1) is 0 Å². The molecule has 0 saturated heterocycles. The van der Waals surface area contributed by atoms with E-state index in [4.69, 9.17) is 0 Å². The maximum absolute atomic E-state index is 2.93. The predicted molar refractivity (Wildman–Crippen MR) is 301 cm³/mol. The fourth-order valence-electron chi connectivity index (χ4n) is 15.1. The number of anilines is 4. The molecule has 0 amide bonds. The molecule has 7 aromatic rings. The van der Waals surface area contributed by atoms with Crippen molar-refractivity contribution in [3.05, 3.63) is 154 Å². The highest BCUT2D eigenvalue weighted by molar-refractivity contribution is 6.94. The molecule has 354 valence electrons. The van der Waals surface area contributed by atoms with E-state index in [1.165, 1.54) is 139 Å². The van der Waals surface area contributed by atoms with Crippen LogP contribution in [0.15, 0.2) is 115 Å². The van der Waals surface area contributed by atoms with Crippen LogP contribution in [0.4, 0.5) is 22.7 Å². The molecule has 2 unspecified atom stereocenters. The quantitative estimate of drug-likeness (QED) is 0.159. The van der Waals surface area contributed by atoms with Gasteiger partial charge in [-0.3, -0.25) is 0 Å². The molecule has 2 nitrogen and oxygen atoms in total. The fraction of sp³-hybridized carbons (Fsp3) is 0.403. The molecule has 3 aliphatic carbocycles. The molecule has 7 aromatic carbocycles. The Morgan fingerprint density at radius 1 is 0.486 bits per heavy atom. The van der Waals surface area contributed by atoms with E-state index in [2.05, 4.69) is 222 Å². The smallest absolute Gasteiger partial charge is 0.333 e. The van der Waals surface area contributed by atoms with Crippen LogP contribution in [0.2, 0.25) is 0 Å². The van der Waals surface area contributed by atoms with E-state index >= 15 is 0 Å². The minimum absolute atomic E-state index is 0.000241. The van der Waals surface area contributed by atoms with Crippen LogP contribution in [0.25, 0.3) is 44.2 Å². The summed E-state index contributed by atoms with van der Waals surface area (Å²) >= 11 is 0. The van der Waals surface area contributed by atoms with Crippen LogP contribution in [-0.4, -0.2) is 12.4 Å². The Hall–Kier alpha value is -5.54. The van der Waals surface area contributed by atoms with E-state index in [1.807, 2.05) is 0 Å². The molecular weight excluding hydrogens is 844 g/mol. The topological polar surface area (TPSA) is 6.48 Å². The Morgan fingerprint density at radius 3 is 1.84 bits per heavy atom. The third-order valence-electron chi connectivity index (χ3n) is 19.7. The lowest BCUT2D eigenvalue weighted by molar-refractivity contribution is 0.195. The summed E-state index contributed by atoms with van der Waals surface area (Å²) in [6.45, 7) is 34.6. The molecular formula is C67H73BN2. The average Bonchev–Trinajstić information content (AvgIpc) is 3.67. The highest BCUT2D eigenvalue weighted by Crippen LogP contribution is 2.64. The van der Waals surface area contributed by atoms with Gasteiger partial charge in [-0.1, -0.05) is 182 Å². The van der Waals surface area contributed by atoms with Gasteiger partial charge in [-0.25, -0.2) is 0 Å². The number of fused-ring (bicyclic) bond motifs is 13. The zero-order valence-corrected chi connectivity index (χ0v) is 44.7. The van der Waals surface area contributed by atoms with Crippen molar-refractivity contribution in [1.82, 2.24) is 0 Å². The summed E-state index contributed by atoms with van der Waals surface area (Å²) in [5.41, 5.74) is 26.9.